The van der Waals surface area contributed by atoms with Gasteiger partial charge in [-0.3, -0.25) is 14.3 Å². The molecule has 0 fully saturated rings. The average Bonchev–Trinajstić information content (AvgIpc) is 3.15. The van der Waals surface area contributed by atoms with Crippen molar-refractivity contribution < 1.29 is 14.0 Å². The predicted molar refractivity (Wildman–Crippen MR) is 111 cm³/mol. The minimum absolute atomic E-state index is 0.119. The summed E-state index contributed by atoms with van der Waals surface area (Å²) in [5.74, 6) is -1.65. The highest BCUT2D eigenvalue weighted by Gasteiger charge is 2.30. The number of amides is 2. The number of hydrogen-bond donors (Lipinski definition) is 1. The summed E-state index contributed by atoms with van der Waals surface area (Å²) < 4.78 is 15.1. The van der Waals surface area contributed by atoms with E-state index < -0.39 is 11.9 Å². The van der Waals surface area contributed by atoms with Crippen LogP contribution < -0.4 is 5.73 Å². The van der Waals surface area contributed by atoms with E-state index in [1.54, 1.807) is 33.8 Å². The quantitative estimate of drug-likeness (QED) is 0.500. The van der Waals surface area contributed by atoms with Gasteiger partial charge in [-0.15, -0.1) is 0 Å². The molecule has 2 N–H and O–H groups in total. The topological polar surface area (TPSA) is 98.5 Å². The Bertz CT molecular complexity index is 1230. The third-order valence-electron chi connectivity index (χ3n) is 5.07. The summed E-state index contributed by atoms with van der Waals surface area (Å²) in [6.07, 6.45) is 1.40. The molecule has 10 heteroatoms. The van der Waals surface area contributed by atoms with Gasteiger partial charge in [-0.2, -0.15) is 9.49 Å². The Morgan fingerprint density at radius 3 is 2.65 bits per heavy atom. The van der Waals surface area contributed by atoms with Gasteiger partial charge in [0.05, 0.1) is 42.4 Å². The molecule has 3 aromatic rings. The number of primary amides is 1. The van der Waals surface area contributed by atoms with E-state index in [0.29, 0.717) is 30.0 Å². The number of benzene rings is 1. The Labute approximate surface area is 181 Å². The van der Waals surface area contributed by atoms with Crippen molar-refractivity contribution in [2.24, 2.45) is 5.73 Å². The van der Waals surface area contributed by atoms with Gasteiger partial charge in [-0.1, -0.05) is 35.9 Å². The van der Waals surface area contributed by atoms with Crippen molar-refractivity contribution in [2.75, 3.05) is 6.54 Å². The highest BCUT2D eigenvalue weighted by atomic mass is 35.5. The Morgan fingerprint density at radius 1 is 1.26 bits per heavy atom. The van der Waals surface area contributed by atoms with Gasteiger partial charge >= 0.3 is 0 Å². The van der Waals surface area contributed by atoms with Gasteiger partial charge in [0, 0.05) is 18.3 Å². The fourth-order valence-corrected chi connectivity index (χ4v) is 3.68. The zero-order chi connectivity index (χ0) is 22.1. The molecular weight excluding hydrogens is 423 g/mol. The van der Waals surface area contributed by atoms with Crippen LogP contribution >= 0.6 is 11.6 Å². The molecule has 2 amide bonds. The number of nitrogens with zero attached hydrogens (tertiary/aromatic N) is 5. The van der Waals surface area contributed by atoms with Gasteiger partial charge < -0.3 is 10.6 Å². The molecule has 0 aliphatic carbocycles. The van der Waals surface area contributed by atoms with Crippen LogP contribution in [0.2, 0.25) is 5.02 Å². The summed E-state index contributed by atoms with van der Waals surface area (Å²) in [5.41, 5.74) is 8.18. The Kier molecular flexibility index (Phi) is 5.40. The number of rotatable bonds is 4. The number of pyridine rings is 1. The van der Waals surface area contributed by atoms with Gasteiger partial charge in [0.2, 0.25) is 11.9 Å². The van der Waals surface area contributed by atoms with E-state index in [2.05, 4.69) is 14.9 Å². The van der Waals surface area contributed by atoms with E-state index in [4.69, 9.17) is 23.9 Å². The largest absolute Gasteiger partial charge is 0.365 e. The van der Waals surface area contributed by atoms with Gasteiger partial charge in [0.1, 0.15) is 5.69 Å². The number of carbonyl (C=O) groups excluding carboxylic acids is 2. The molecule has 0 spiro atoms. The molecule has 8 nitrogen and oxygen atoms in total. The minimum Gasteiger partial charge on any atom is -0.365 e. The van der Waals surface area contributed by atoms with Crippen molar-refractivity contribution in [3.63, 3.8) is 0 Å². The van der Waals surface area contributed by atoms with Crippen LogP contribution in [0.3, 0.4) is 0 Å². The summed E-state index contributed by atoms with van der Waals surface area (Å²) in [7, 11) is 0. The maximum atomic E-state index is 13.4. The monoisotopic (exact) mass is 438 g/mol. The van der Waals surface area contributed by atoms with E-state index in [1.165, 1.54) is 12.3 Å². The molecule has 0 bridgehead atoms. The Hall–Kier alpha value is -3.77. The van der Waals surface area contributed by atoms with Gasteiger partial charge in [0.25, 0.3) is 5.91 Å². The van der Waals surface area contributed by atoms with E-state index in [-0.39, 0.29) is 35.2 Å². The van der Waals surface area contributed by atoms with Gasteiger partial charge in [-0.05, 0) is 11.6 Å². The summed E-state index contributed by atoms with van der Waals surface area (Å²) in [6, 6.07) is 8.16. The molecule has 0 radical (unpaired) electrons. The van der Waals surface area contributed by atoms with Crippen LogP contribution in [0.15, 0.2) is 36.5 Å². The van der Waals surface area contributed by atoms with Crippen molar-refractivity contribution in [1.82, 2.24) is 19.7 Å². The maximum Gasteiger partial charge on any atom is 0.252 e. The van der Waals surface area contributed by atoms with Crippen molar-refractivity contribution >= 4 is 29.1 Å². The first-order chi connectivity index (χ1) is 14.9. The van der Waals surface area contributed by atoms with Crippen LogP contribution in [0.1, 0.15) is 21.6 Å². The highest BCUT2D eigenvalue weighted by Crippen LogP contribution is 2.30. The fourth-order valence-electron chi connectivity index (χ4n) is 3.52. The average molecular weight is 439 g/mol. The lowest BCUT2D eigenvalue weighted by Crippen LogP contribution is -2.40. The van der Waals surface area contributed by atoms with Crippen molar-refractivity contribution in [2.45, 2.75) is 19.5 Å². The number of nitrogens with two attached hydrogens (primary N) is 1. The third kappa shape index (κ3) is 3.98. The number of halogens is 2. The molecule has 0 unspecified atom stereocenters. The molecule has 1 aromatic carbocycles. The van der Waals surface area contributed by atoms with E-state index in [9.17, 15) is 14.0 Å². The molecule has 3 heterocycles. The lowest BCUT2D eigenvalue weighted by Gasteiger charge is -2.28. The third-order valence-corrected chi connectivity index (χ3v) is 5.33. The van der Waals surface area contributed by atoms with Gasteiger partial charge in [0.15, 0.2) is 5.69 Å². The van der Waals surface area contributed by atoms with Gasteiger partial charge in [-0.25, -0.2) is 9.83 Å². The summed E-state index contributed by atoms with van der Waals surface area (Å²) in [5, 5.41) is 4.24. The van der Waals surface area contributed by atoms with Crippen LogP contribution in [0, 0.1) is 12.5 Å². The van der Waals surface area contributed by atoms with Crippen molar-refractivity contribution in [3.8, 4) is 11.3 Å². The van der Waals surface area contributed by atoms with Crippen molar-refractivity contribution in [1.29, 1.82) is 0 Å². The SMILES string of the molecule is [C-]#[N+]c1ccc(CC(=O)N2CCn3nc(-c4cnc(F)c(Cl)c4)c(C(N)=O)c3C2)cc1. The number of hydrogen-bond acceptors (Lipinski definition) is 4. The zero-order valence-corrected chi connectivity index (χ0v) is 16.9. The summed E-state index contributed by atoms with van der Waals surface area (Å²) >= 11 is 5.83. The lowest BCUT2D eigenvalue weighted by atomic mass is 10.1. The molecule has 1 aliphatic rings. The van der Waals surface area contributed by atoms with Crippen LogP contribution in [-0.2, 0) is 24.3 Å². The van der Waals surface area contributed by atoms with Crippen LogP contribution in [-0.4, -0.2) is 38.0 Å². The molecule has 2 aromatic heterocycles. The lowest BCUT2D eigenvalue weighted by molar-refractivity contribution is -0.132. The first kappa shape index (κ1) is 20.5. The highest BCUT2D eigenvalue weighted by molar-refractivity contribution is 6.30. The standard InChI is InChI=1S/C21H16ClFN6O2/c1-25-14-4-2-12(3-5-14)8-17(30)28-6-7-29-16(11-28)18(21(24)31)19(27-29)13-9-15(22)20(23)26-10-13/h2-5,9-10H,6-8,11H2,(H2,24,31). The fraction of sp³-hybridized carbons (Fsp3) is 0.190. The minimum atomic E-state index is -0.823. The molecule has 1 aliphatic heterocycles. The second kappa shape index (κ2) is 8.16. The normalized spacial score (nSPS) is 12.9. The number of fused-ring (bicyclic) bond motifs is 1. The summed E-state index contributed by atoms with van der Waals surface area (Å²) in [6.45, 7) is 7.95. The molecule has 0 saturated heterocycles. The Balaban J connectivity index is 1.61. The van der Waals surface area contributed by atoms with E-state index in [1.807, 2.05) is 0 Å². The molecule has 156 valence electrons. The van der Waals surface area contributed by atoms with E-state index >= 15 is 0 Å². The summed E-state index contributed by atoms with van der Waals surface area (Å²) in [4.78, 5) is 33.6. The predicted octanol–water partition coefficient (Wildman–Crippen LogP) is 2.97. The van der Waals surface area contributed by atoms with Crippen LogP contribution in [0.4, 0.5) is 10.1 Å². The smallest absolute Gasteiger partial charge is 0.252 e. The Morgan fingerprint density at radius 2 is 2.00 bits per heavy atom. The van der Waals surface area contributed by atoms with Crippen LogP contribution in [0.5, 0.6) is 0 Å². The second-order valence-electron chi connectivity index (χ2n) is 7.02. The zero-order valence-electron chi connectivity index (χ0n) is 16.2. The number of aromatic nitrogens is 3. The first-order valence-electron chi connectivity index (χ1n) is 9.32. The molecular formula is C21H16ClFN6O2. The van der Waals surface area contributed by atoms with Crippen molar-refractivity contribution in [3.05, 3.63) is 75.7 Å². The molecule has 4 rings (SSSR count). The van der Waals surface area contributed by atoms with Crippen LogP contribution in [0.25, 0.3) is 16.1 Å². The maximum absolute atomic E-state index is 13.4. The second-order valence-corrected chi connectivity index (χ2v) is 7.43. The first-order valence-corrected chi connectivity index (χ1v) is 9.70. The number of carbonyl (C=O) groups is 2. The molecule has 31 heavy (non-hydrogen) atoms. The van der Waals surface area contributed by atoms with E-state index in [0.717, 1.165) is 5.56 Å². The molecule has 0 saturated carbocycles. The molecule has 0 atom stereocenters.